The summed E-state index contributed by atoms with van der Waals surface area (Å²) < 4.78 is 15.4. The molecule has 2 aromatic carbocycles. The zero-order valence-electron chi connectivity index (χ0n) is 16.8. The maximum atomic E-state index is 12.3. The Morgan fingerprint density at radius 2 is 1.84 bits per heavy atom. The number of benzene rings is 2. The second-order valence-corrected chi connectivity index (χ2v) is 7.15. The smallest absolute Gasteiger partial charge is 0.344 e. The van der Waals surface area contributed by atoms with Gasteiger partial charge in [0.05, 0.1) is 36.8 Å². The lowest BCUT2D eigenvalue weighted by atomic mass is 10.1. The Hall–Kier alpha value is -3.79. The molecule has 10 heteroatoms. The lowest BCUT2D eigenvalue weighted by Crippen LogP contribution is -2.10. The summed E-state index contributed by atoms with van der Waals surface area (Å²) in [6.07, 6.45) is 1.64. The molecule has 0 aromatic heterocycles. The molecule has 160 valence electrons. The van der Waals surface area contributed by atoms with Crippen molar-refractivity contribution in [1.82, 2.24) is 0 Å². The monoisotopic (exact) mass is 442 g/mol. The molecular weight excluding hydrogens is 424 g/mol. The molecular formula is C21H18N2O7S. The van der Waals surface area contributed by atoms with Crippen LogP contribution in [0.15, 0.2) is 63.7 Å². The van der Waals surface area contributed by atoms with Crippen molar-refractivity contribution in [2.75, 3.05) is 21.3 Å². The number of methoxy groups -OCH3 is 3. The molecule has 9 nitrogen and oxygen atoms in total. The summed E-state index contributed by atoms with van der Waals surface area (Å²) in [7, 11) is 4.25. The van der Waals surface area contributed by atoms with Crippen LogP contribution in [0.3, 0.4) is 0 Å². The standard InChI is InChI=1S/C21H18N2O7S/c1-28-15-8-9-16(29-2)12(10-15)11-17-19(24)18(21(25)30-3)20(31-17)22-13-4-6-14(7-5-13)23(26)27/h4-11,24H,1-3H3. The quantitative estimate of drug-likeness (QED) is 0.397. The molecule has 0 radical (unpaired) electrons. The molecule has 3 rings (SSSR count). The van der Waals surface area contributed by atoms with Crippen molar-refractivity contribution in [2.24, 2.45) is 4.99 Å². The number of nitro benzene ring substituents is 1. The van der Waals surface area contributed by atoms with E-state index in [0.717, 1.165) is 11.8 Å². The van der Waals surface area contributed by atoms with Crippen LogP contribution >= 0.6 is 11.8 Å². The number of ether oxygens (including phenoxy) is 3. The van der Waals surface area contributed by atoms with Gasteiger partial charge in [0.15, 0.2) is 0 Å². The molecule has 1 aliphatic heterocycles. The van der Waals surface area contributed by atoms with Crippen molar-refractivity contribution in [3.63, 3.8) is 0 Å². The van der Waals surface area contributed by atoms with Gasteiger partial charge < -0.3 is 19.3 Å². The number of aliphatic hydroxyl groups is 1. The van der Waals surface area contributed by atoms with Gasteiger partial charge in [0.2, 0.25) is 0 Å². The second-order valence-electron chi connectivity index (χ2n) is 6.12. The van der Waals surface area contributed by atoms with Crippen LogP contribution in [-0.4, -0.2) is 42.4 Å². The van der Waals surface area contributed by atoms with E-state index in [1.165, 1.54) is 45.6 Å². The number of hydrogen-bond donors (Lipinski definition) is 1. The maximum absolute atomic E-state index is 12.3. The van der Waals surface area contributed by atoms with Gasteiger partial charge in [0.1, 0.15) is 27.9 Å². The Morgan fingerprint density at radius 3 is 2.42 bits per heavy atom. The van der Waals surface area contributed by atoms with Gasteiger partial charge in [0, 0.05) is 17.7 Å². The minimum absolute atomic E-state index is 0.0830. The first kappa shape index (κ1) is 21.9. The molecule has 0 saturated carbocycles. The van der Waals surface area contributed by atoms with E-state index in [1.807, 2.05) is 0 Å². The molecule has 2 aromatic rings. The average molecular weight is 442 g/mol. The first-order valence-electron chi connectivity index (χ1n) is 8.85. The summed E-state index contributed by atoms with van der Waals surface area (Å²) in [5.41, 5.74) is 0.818. The van der Waals surface area contributed by atoms with E-state index in [0.29, 0.717) is 27.7 Å². The van der Waals surface area contributed by atoms with Gasteiger partial charge in [-0.05, 0) is 36.4 Å². The fourth-order valence-electron chi connectivity index (χ4n) is 2.75. The molecule has 0 fully saturated rings. The first-order valence-corrected chi connectivity index (χ1v) is 9.66. The van der Waals surface area contributed by atoms with Gasteiger partial charge in [-0.3, -0.25) is 10.1 Å². The Bertz CT molecular complexity index is 1120. The SMILES string of the molecule is COC(=O)C1=C(O)C(=Cc2cc(OC)ccc2OC)SC1=Nc1ccc([N+](=O)[O-])cc1. The number of thioether (sulfide) groups is 1. The van der Waals surface area contributed by atoms with Crippen molar-refractivity contribution < 1.29 is 29.0 Å². The van der Waals surface area contributed by atoms with Crippen LogP contribution in [0.4, 0.5) is 11.4 Å². The number of rotatable bonds is 6. The van der Waals surface area contributed by atoms with Gasteiger partial charge in [-0.15, -0.1) is 0 Å². The second kappa shape index (κ2) is 9.35. The minimum atomic E-state index is -0.758. The van der Waals surface area contributed by atoms with Crippen LogP contribution in [0.2, 0.25) is 0 Å². The van der Waals surface area contributed by atoms with Crippen LogP contribution in [-0.2, 0) is 9.53 Å². The molecule has 0 aliphatic carbocycles. The van der Waals surface area contributed by atoms with Crippen molar-refractivity contribution in [1.29, 1.82) is 0 Å². The third-order valence-corrected chi connectivity index (χ3v) is 5.31. The topological polar surface area (TPSA) is 120 Å². The molecule has 0 saturated heterocycles. The molecule has 1 heterocycles. The fraction of sp³-hybridized carbons (Fsp3) is 0.143. The normalized spacial score (nSPS) is 16.0. The minimum Gasteiger partial charge on any atom is -0.506 e. The van der Waals surface area contributed by atoms with Crippen molar-refractivity contribution >= 4 is 40.2 Å². The summed E-state index contributed by atoms with van der Waals surface area (Å²) in [5, 5.41) is 21.7. The number of aliphatic hydroxyl groups excluding tert-OH is 1. The van der Waals surface area contributed by atoms with Crippen molar-refractivity contribution in [3.8, 4) is 11.5 Å². The Kier molecular flexibility index (Phi) is 6.61. The predicted octanol–water partition coefficient (Wildman–Crippen LogP) is 4.42. The predicted molar refractivity (Wildman–Crippen MR) is 117 cm³/mol. The number of carbonyl (C=O) groups is 1. The van der Waals surface area contributed by atoms with Gasteiger partial charge in [0.25, 0.3) is 5.69 Å². The number of non-ortho nitro benzene ring substituents is 1. The highest BCUT2D eigenvalue weighted by molar-refractivity contribution is 8.18. The number of esters is 1. The molecule has 0 unspecified atom stereocenters. The molecule has 0 bridgehead atoms. The van der Waals surface area contributed by atoms with E-state index in [2.05, 4.69) is 4.99 Å². The largest absolute Gasteiger partial charge is 0.506 e. The van der Waals surface area contributed by atoms with Gasteiger partial charge >= 0.3 is 5.97 Å². The van der Waals surface area contributed by atoms with Gasteiger partial charge in [-0.1, -0.05) is 11.8 Å². The Balaban J connectivity index is 2.06. The number of carbonyl (C=O) groups excluding carboxylic acids is 1. The number of nitrogens with zero attached hydrogens (tertiary/aromatic N) is 2. The fourth-order valence-corrected chi connectivity index (χ4v) is 3.78. The maximum Gasteiger partial charge on any atom is 0.344 e. The summed E-state index contributed by atoms with van der Waals surface area (Å²) in [5.74, 6) is 0.0863. The van der Waals surface area contributed by atoms with Crippen molar-refractivity contribution in [3.05, 3.63) is 74.4 Å². The van der Waals surface area contributed by atoms with Crippen LogP contribution in [0, 0.1) is 10.1 Å². The van der Waals surface area contributed by atoms with Gasteiger partial charge in [-0.25, -0.2) is 9.79 Å². The summed E-state index contributed by atoms with van der Waals surface area (Å²) >= 11 is 1.06. The third kappa shape index (κ3) is 4.69. The first-order chi connectivity index (χ1) is 14.9. The van der Waals surface area contributed by atoms with Crippen molar-refractivity contribution in [2.45, 2.75) is 0 Å². The molecule has 0 atom stereocenters. The van der Waals surface area contributed by atoms with E-state index in [4.69, 9.17) is 14.2 Å². The Morgan fingerprint density at radius 1 is 1.13 bits per heavy atom. The van der Waals surface area contributed by atoms with Crippen LogP contribution < -0.4 is 9.47 Å². The average Bonchev–Trinajstić information content (AvgIpc) is 3.07. The zero-order chi connectivity index (χ0) is 22.5. The zero-order valence-corrected chi connectivity index (χ0v) is 17.6. The lowest BCUT2D eigenvalue weighted by Gasteiger charge is -2.08. The number of aliphatic imine (C=N–C) groups is 1. The van der Waals surface area contributed by atoms with Crippen LogP contribution in [0.5, 0.6) is 11.5 Å². The lowest BCUT2D eigenvalue weighted by molar-refractivity contribution is -0.384. The van der Waals surface area contributed by atoms with E-state index < -0.39 is 10.9 Å². The van der Waals surface area contributed by atoms with E-state index >= 15 is 0 Å². The molecule has 0 amide bonds. The number of nitro groups is 1. The van der Waals surface area contributed by atoms with Crippen LogP contribution in [0.25, 0.3) is 6.08 Å². The summed E-state index contributed by atoms with van der Waals surface area (Å²) in [4.78, 5) is 27.3. The summed E-state index contributed by atoms with van der Waals surface area (Å²) in [6, 6.07) is 10.7. The molecule has 1 aliphatic rings. The van der Waals surface area contributed by atoms with E-state index in [-0.39, 0.29) is 22.1 Å². The highest BCUT2D eigenvalue weighted by Crippen LogP contribution is 2.41. The van der Waals surface area contributed by atoms with E-state index in [1.54, 1.807) is 24.3 Å². The number of hydrogen-bond acceptors (Lipinski definition) is 9. The Labute approximate surface area is 181 Å². The van der Waals surface area contributed by atoms with Crippen LogP contribution in [0.1, 0.15) is 5.56 Å². The molecule has 1 N–H and O–H groups in total. The van der Waals surface area contributed by atoms with Gasteiger partial charge in [-0.2, -0.15) is 0 Å². The molecule has 31 heavy (non-hydrogen) atoms. The summed E-state index contributed by atoms with van der Waals surface area (Å²) in [6.45, 7) is 0. The highest BCUT2D eigenvalue weighted by atomic mass is 32.2. The third-order valence-electron chi connectivity index (χ3n) is 4.29. The van der Waals surface area contributed by atoms with E-state index in [9.17, 15) is 20.0 Å². The highest BCUT2D eigenvalue weighted by Gasteiger charge is 2.33. The molecule has 0 spiro atoms.